The van der Waals surface area contributed by atoms with Crippen LogP contribution in [0.25, 0.3) is 6.08 Å². The van der Waals surface area contributed by atoms with Crippen molar-refractivity contribution in [3.63, 3.8) is 0 Å². The predicted molar refractivity (Wildman–Crippen MR) is 102 cm³/mol. The van der Waals surface area contributed by atoms with E-state index in [1.165, 1.54) is 23.7 Å². The highest BCUT2D eigenvalue weighted by Gasteiger charge is 2.29. The lowest BCUT2D eigenvalue weighted by Gasteiger charge is -2.18. The number of hydrogen-bond acceptors (Lipinski definition) is 6. The van der Waals surface area contributed by atoms with E-state index in [0.717, 1.165) is 29.7 Å². The molecule has 0 saturated carbocycles. The third-order valence-electron chi connectivity index (χ3n) is 4.41. The summed E-state index contributed by atoms with van der Waals surface area (Å²) < 4.78 is 10.4. The fraction of sp³-hybridized carbons (Fsp3) is 0.350. The van der Waals surface area contributed by atoms with Crippen molar-refractivity contribution < 1.29 is 18.7 Å². The fourth-order valence-corrected chi connectivity index (χ4v) is 4.49. The van der Waals surface area contributed by atoms with E-state index in [2.05, 4.69) is 12.2 Å². The SMILES string of the molecule is CCOC(=O)c1c(NC(=O)C(C#N)=Cc2ccco2)sc2c1CCC(C)C2. The zero-order valence-electron chi connectivity index (χ0n) is 15.2. The van der Waals surface area contributed by atoms with E-state index in [-0.39, 0.29) is 12.2 Å². The maximum absolute atomic E-state index is 12.6. The first kappa shape index (κ1) is 18.9. The van der Waals surface area contributed by atoms with E-state index in [4.69, 9.17) is 9.15 Å². The molecule has 0 bridgehead atoms. The number of nitrogens with zero attached hydrogens (tertiary/aromatic N) is 1. The summed E-state index contributed by atoms with van der Waals surface area (Å²) >= 11 is 1.39. The number of nitrogens with one attached hydrogen (secondary N) is 1. The molecule has 2 aromatic heterocycles. The molecule has 1 aliphatic carbocycles. The molecule has 0 aromatic carbocycles. The maximum Gasteiger partial charge on any atom is 0.341 e. The van der Waals surface area contributed by atoms with Gasteiger partial charge < -0.3 is 14.5 Å². The van der Waals surface area contributed by atoms with Crippen LogP contribution in [-0.4, -0.2) is 18.5 Å². The summed E-state index contributed by atoms with van der Waals surface area (Å²) in [6, 6.07) is 5.21. The summed E-state index contributed by atoms with van der Waals surface area (Å²) in [4.78, 5) is 26.2. The molecule has 0 saturated heterocycles. The molecule has 0 spiro atoms. The van der Waals surface area contributed by atoms with Crippen molar-refractivity contribution in [2.75, 3.05) is 11.9 Å². The molecular weight excluding hydrogens is 364 g/mol. The second-order valence-corrected chi connectivity index (χ2v) is 7.52. The number of hydrogen-bond donors (Lipinski definition) is 1. The standard InChI is InChI=1S/C20H20N2O4S/c1-3-25-20(24)17-15-7-6-12(2)9-16(15)27-19(17)22-18(23)13(11-21)10-14-5-4-8-26-14/h4-5,8,10,12H,3,6-7,9H2,1-2H3,(H,22,23). The van der Waals surface area contributed by atoms with Gasteiger partial charge in [0.2, 0.25) is 0 Å². The average Bonchev–Trinajstić information content (AvgIpc) is 3.26. The molecule has 3 rings (SSSR count). The summed E-state index contributed by atoms with van der Waals surface area (Å²) in [6.07, 6.45) is 5.48. The van der Waals surface area contributed by atoms with Crippen molar-refractivity contribution in [3.8, 4) is 6.07 Å². The van der Waals surface area contributed by atoms with E-state index >= 15 is 0 Å². The van der Waals surface area contributed by atoms with Crippen LogP contribution in [0.3, 0.4) is 0 Å². The number of fused-ring (bicyclic) bond motifs is 1. The van der Waals surface area contributed by atoms with E-state index in [0.29, 0.717) is 22.2 Å². The van der Waals surface area contributed by atoms with Crippen LogP contribution in [0.1, 0.15) is 46.8 Å². The lowest BCUT2D eigenvalue weighted by molar-refractivity contribution is -0.112. The van der Waals surface area contributed by atoms with Crippen LogP contribution < -0.4 is 5.32 Å². The molecule has 0 radical (unpaired) electrons. The van der Waals surface area contributed by atoms with Crippen molar-refractivity contribution in [3.05, 3.63) is 45.7 Å². The molecule has 1 atom stereocenters. The minimum atomic E-state index is -0.578. The van der Waals surface area contributed by atoms with Crippen molar-refractivity contribution in [1.29, 1.82) is 5.26 Å². The van der Waals surface area contributed by atoms with Gasteiger partial charge in [-0.2, -0.15) is 5.26 Å². The Labute approximate surface area is 161 Å². The van der Waals surface area contributed by atoms with Crippen LogP contribution in [0, 0.1) is 17.2 Å². The molecule has 27 heavy (non-hydrogen) atoms. The van der Waals surface area contributed by atoms with Crippen molar-refractivity contribution in [1.82, 2.24) is 0 Å². The number of amides is 1. The first-order valence-corrected chi connectivity index (χ1v) is 9.63. The molecule has 0 fully saturated rings. The fourth-order valence-electron chi connectivity index (χ4n) is 3.09. The lowest BCUT2D eigenvalue weighted by atomic mass is 9.88. The van der Waals surface area contributed by atoms with Crippen LogP contribution in [-0.2, 0) is 22.4 Å². The van der Waals surface area contributed by atoms with Gasteiger partial charge in [-0.15, -0.1) is 11.3 Å². The zero-order chi connectivity index (χ0) is 19.4. The Kier molecular flexibility index (Phi) is 5.77. The number of rotatable bonds is 5. The van der Waals surface area contributed by atoms with Crippen LogP contribution in [0.2, 0.25) is 0 Å². The largest absolute Gasteiger partial charge is 0.465 e. The highest BCUT2D eigenvalue weighted by Crippen LogP contribution is 2.40. The second kappa shape index (κ2) is 8.23. The second-order valence-electron chi connectivity index (χ2n) is 6.42. The normalized spacial score (nSPS) is 16.3. The Morgan fingerprint density at radius 1 is 1.52 bits per heavy atom. The molecule has 1 aliphatic rings. The van der Waals surface area contributed by atoms with Crippen molar-refractivity contribution in [2.45, 2.75) is 33.1 Å². The molecular formula is C20H20N2O4S. The highest BCUT2D eigenvalue weighted by atomic mass is 32.1. The smallest absolute Gasteiger partial charge is 0.341 e. The topological polar surface area (TPSA) is 92.3 Å². The first-order chi connectivity index (χ1) is 13.0. The molecule has 1 N–H and O–H groups in total. The summed E-state index contributed by atoms with van der Waals surface area (Å²) in [5.74, 6) is -0.0747. The Balaban J connectivity index is 1.92. The number of nitriles is 1. The van der Waals surface area contributed by atoms with E-state index in [1.54, 1.807) is 19.1 Å². The van der Waals surface area contributed by atoms with Gasteiger partial charge in [-0.25, -0.2) is 4.79 Å². The van der Waals surface area contributed by atoms with Gasteiger partial charge in [0.05, 0.1) is 18.4 Å². The zero-order valence-corrected chi connectivity index (χ0v) is 16.0. The molecule has 2 heterocycles. The third-order valence-corrected chi connectivity index (χ3v) is 5.58. The monoisotopic (exact) mass is 384 g/mol. The first-order valence-electron chi connectivity index (χ1n) is 8.81. The summed E-state index contributed by atoms with van der Waals surface area (Å²) in [5, 5.41) is 12.5. The van der Waals surface area contributed by atoms with E-state index < -0.39 is 11.9 Å². The predicted octanol–water partition coefficient (Wildman–Crippen LogP) is 4.19. The molecule has 1 amide bonds. The minimum absolute atomic E-state index is 0.0977. The number of furan rings is 1. The molecule has 1 unspecified atom stereocenters. The van der Waals surface area contributed by atoms with E-state index in [1.807, 2.05) is 6.07 Å². The van der Waals surface area contributed by atoms with Gasteiger partial charge >= 0.3 is 5.97 Å². The molecule has 0 aliphatic heterocycles. The summed E-state index contributed by atoms with van der Waals surface area (Å²) in [5.41, 5.74) is 1.28. The third kappa shape index (κ3) is 4.12. The summed E-state index contributed by atoms with van der Waals surface area (Å²) in [6.45, 7) is 4.18. The van der Waals surface area contributed by atoms with Crippen LogP contribution in [0.4, 0.5) is 5.00 Å². The van der Waals surface area contributed by atoms with Gasteiger partial charge in [-0.1, -0.05) is 6.92 Å². The number of ether oxygens (including phenoxy) is 1. The average molecular weight is 384 g/mol. The lowest BCUT2D eigenvalue weighted by Crippen LogP contribution is -2.17. The molecule has 6 nitrogen and oxygen atoms in total. The number of anilines is 1. The minimum Gasteiger partial charge on any atom is -0.465 e. The summed E-state index contributed by atoms with van der Waals surface area (Å²) in [7, 11) is 0. The molecule has 2 aromatic rings. The van der Waals surface area contributed by atoms with Gasteiger partial charge in [-0.05, 0) is 49.8 Å². The molecule has 7 heteroatoms. The Morgan fingerprint density at radius 3 is 3.00 bits per heavy atom. The quantitative estimate of drug-likeness (QED) is 0.474. The maximum atomic E-state index is 12.6. The number of carbonyl (C=O) groups excluding carboxylic acids is 2. The Morgan fingerprint density at radius 2 is 2.33 bits per heavy atom. The number of thiophene rings is 1. The van der Waals surface area contributed by atoms with Gasteiger partial charge in [0.1, 0.15) is 22.4 Å². The Bertz CT molecular complexity index is 919. The van der Waals surface area contributed by atoms with Crippen molar-refractivity contribution >= 4 is 34.3 Å². The van der Waals surface area contributed by atoms with Gasteiger partial charge in [0.25, 0.3) is 5.91 Å². The molecule has 140 valence electrons. The van der Waals surface area contributed by atoms with Crippen LogP contribution in [0.5, 0.6) is 0 Å². The van der Waals surface area contributed by atoms with Gasteiger partial charge in [0, 0.05) is 11.0 Å². The van der Waals surface area contributed by atoms with Gasteiger partial charge in [-0.3, -0.25) is 4.79 Å². The highest BCUT2D eigenvalue weighted by molar-refractivity contribution is 7.17. The van der Waals surface area contributed by atoms with E-state index in [9.17, 15) is 14.9 Å². The number of esters is 1. The Hall–Kier alpha value is -2.85. The number of carbonyl (C=O) groups is 2. The van der Waals surface area contributed by atoms with Gasteiger partial charge in [0.15, 0.2) is 0 Å². The van der Waals surface area contributed by atoms with Crippen LogP contribution >= 0.6 is 11.3 Å². The van der Waals surface area contributed by atoms with Crippen molar-refractivity contribution in [2.24, 2.45) is 5.92 Å². The van der Waals surface area contributed by atoms with Crippen LogP contribution in [0.15, 0.2) is 28.4 Å².